The van der Waals surface area contributed by atoms with Gasteiger partial charge in [0.15, 0.2) is 10.0 Å². The van der Waals surface area contributed by atoms with Crippen molar-refractivity contribution >= 4 is 17.6 Å². The highest BCUT2D eigenvalue weighted by Gasteiger charge is 2.36. The average Bonchev–Trinajstić information content (AvgIpc) is 3.35. The van der Waals surface area contributed by atoms with Crippen LogP contribution in [0.4, 0.5) is 17.6 Å². The number of alkyl halides is 4. The maximum Gasteiger partial charge on any atom is 0.273 e. The van der Waals surface area contributed by atoms with Gasteiger partial charge in [0.05, 0.1) is 11.6 Å². The van der Waals surface area contributed by atoms with Crippen LogP contribution in [0.3, 0.4) is 0 Å². The van der Waals surface area contributed by atoms with Crippen LogP contribution in [0, 0.1) is 11.8 Å². The van der Waals surface area contributed by atoms with Gasteiger partial charge in [-0.3, -0.25) is 9.98 Å². The molecule has 2 heterocycles. The molecular weight excluding hydrogens is 490 g/mol. The van der Waals surface area contributed by atoms with Gasteiger partial charge in [-0.1, -0.05) is 49.3 Å². The second-order valence-electron chi connectivity index (χ2n) is 7.95. The molecule has 0 fully saturated rings. The first-order valence-electron chi connectivity index (χ1n) is 11.2. The molecule has 3 rings (SSSR count). The molecular formula is C26H25F4N5S. The van der Waals surface area contributed by atoms with Crippen LogP contribution in [0.2, 0.25) is 0 Å². The third-order valence-corrected chi connectivity index (χ3v) is 6.20. The smallest absolute Gasteiger partial charge is 0.273 e. The lowest BCUT2D eigenvalue weighted by Crippen LogP contribution is -2.18. The van der Waals surface area contributed by atoms with Crippen LogP contribution >= 0.6 is 11.3 Å². The summed E-state index contributed by atoms with van der Waals surface area (Å²) in [6.07, 6.45) is 4.12. The molecule has 5 nitrogen and oxygen atoms in total. The predicted molar refractivity (Wildman–Crippen MR) is 134 cm³/mol. The Kier molecular flexibility index (Phi) is 8.58. The molecule has 0 radical (unpaired) electrons. The van der Waals surface area contributed by atoms with Gasteiger partial charge in [0.2, 0.25) is 0 Å². The Bertz CT molecular complexity index is 1300. The van der Waals surface area contributed by atoms with Gasteiger partial charge in [-0.2, -0.15) is 0 Å². The molecule has 1 unspecified atom stereocenters. The third-order valence-electron chi connectivity index (χ3n) is 5.34. The predicted octanol–water partition coefficient (Wildman–Crippen LogP) is 6.63. The standard InChI is InChI=1S/C26H25F4N5S/c1-4-21(19-11-10-18(25(3,27)28)14-20(19)26(29,30)5-2)33-16-17(15-31)9-12-23-34-35-24(36-23)22-8-6-7-13-32-22/h6-8,10-11,13-16,21H,4-5,31H2,1-3H3/b17-15-,33-16?. The van der Waals surface area contributed by atoms with E-state index in [1.807, 2.05) is 12.1 Å². The zero-order valence-corrected chi connectivity index (χ0v) is 20.8. The van der Waals surface area contributed by atoms with Crippen LogP contribution in [-0.4, -0.2) is 21.4 Å². The fourth-order valence-corrected chi connectivity index (χ4v) is 3.99. The number of nitrogens with zero attached hydrogens (tertiary/aromatic N) is 4. The summed E-state index contributed by atoms with van der Waals surface area (Å²) in [4.78, 5) is 8.63. The lowest BCUT2D eigenvalue weighted by Gasteiger charge is -2.24. The molecule has 0 bridgehead atoms. The van der Waals surface area contributed by atoms with Crippen molar-refractivity contribution < 1.29 is 17.6 Å². The molecule has 0 aliphatic carbocycles. The number of aliphatic imine (C=N–C) groups is 1. The van der Waals surface area contributed by atoms with E-state index in [1.165, 1.54) is 36.7 Å². The van der Waals surface area contributed by atoms with Crippen molar-refractivity contribution in [1.82, 2.24) is 15.2 Å². The fraction of sp³-hybridized carbons (Fsp3) is 0.308. The van der Waals surface area contributed by atoms with Gasteiger partial charge in [-0.15, -0.1) is 10.2 Å². The van der Waals surface area contributed by atoms with Crippen molar-refractivity contribution in [3.63, 3.8) is 0 Å². The van der Waals surface area contributed by atoms with Crippen molar-refractivity contribution in [2.75, 3.05) is 0 Å². The van der Waals surface area contributed by atoms with Gasteiger partial charge >= 0.3 is 0 Å². The summed E-state index contributed by atoms with van der Waals surface area (Å²) in [7, 11) is 0. The minimum absolute atomic E-state index is 0.182. The Morgan fingerprint density at radius 3 is 2.56 bits per heavy atom. The summed E-state index contributed by atoms with van der Waals surface area (Å²) in [6, 6.07) is 8.09. The van der Waals surface area contributed by atoms with Crippen LogP contribution in [0.25, 0.3) is 10.7 Å². The normalized spacial score (nSPS) is 13.5. The van der Waals surface area contributed by atoms with Crippen LogP contribution in [0.15, 0.2) is 59.4 Å². The highest BCUT2D eigenvalue weighted by atomic mass is 32.1. The number of halogens is 4. The minimum atomic E-state index is -3.28. The number of benzene rings is 1. The molecule has 0 saturated carbocycles. The average molecular weight is 516 g/mol. The van der Waals surface area contributed by atoms with Crippen LogP contribution in [0.1, 0.15) is 61.4 Å². The maximum atomic E-state index is 14.7. The SMILES string of the molecule is CCC(N=C/C(C#Cc1nnc(-c2ccccn2)s1)=C\N)c1ccc(C(C)(F)F)cc1C(F)(F)CC. The summed E-state index contributed by atoms with van der Waals surface area (Å²) < 4.78 is 57.2. The quantitative estimate of drug-likeness (QED) is 0.208. The van der Waals surface area contributed by atoms with Gasteiger partial charge in [-0.05, 0) is 36.1 Å². The first-order chi connectivity index (χ1) is 17.1. The first-order valence-corrected chi connectivity index (χ1v) is 12.0. The first kappa shape index (κ1) is 27.0. The molecule has 3 aromatic rings. The van der Waals surface area contributed by atoms with Gasteiger partial charge in [-0.25, -0.2) is 17.6 Å². The van der Waals surface area contributed by atoms with Gasteiger partial charge in [0, 0.05) is 43.1 Å². The Hall–Kier alpha value is -3.58. The number of aromatic nitrogens is 3. The topological polar surface area (TPSA) is 77.0 Å². The summed E-state index contributed by atoms with van der Waals surface area (Å²) in [6.45, 7) is 3.76. The summed E-state index contributed by atoms with van der Waals surface area (Å²) in [5.41, 5.74) is 5.96. The fourth-order valence-electron chi connectivity index (χ4n) is 3.31. The number of nitrogens with two attached hydrogens (primary N) is 1. The Morgan fingerprint density at radius 2 is 1.94 bits per heavy atom. The molecule has 1 atom stereocenters. The van der Waals surface area contributed by atoms with E-state index >= 15 is 0 Å². The molecule has 0 amide bonds. The number of pyridine rings is 1. The number of rotatable bonds is 8. The largest absolute Gasteiger partial charge is 0.404 e. The second-order valence-corrected chi connectivity index (χ2v) is 8.93. The zero-order chi connectivity index (χ0) is 26.3. The van der Waals surface area contributed by atoms with Crippen molar-refractivity contribution in [2.24, 2.45) is 10.7 Å². The molecule has 1 aromatic carbocycles. The minimum Gasteiger partial charge on any atom is -0.404 e. The third kappa shape index (κ3) is 6.55. The Balaban J connectivity index is 1.87. The summed E-state index contributed by atoms with van der Waals surface area (Å²) in [5, 5.41) is 9.16. The van der Waals surface area contributed by atoms with E-state index in [2.05, 4.69) is 32.0 Å². The molecule has 0 spiro atoms. The van der Waals surface area contributed by atoms with Crippen molar-refractivity contribution in [1.29, 1.82) is 0 Å². The zero-order valence-electron chi connectivity index (χ0n) is 20.0. The highest BCUT2D eigenvalue weighted by molar-refractivity contribution is 7.15. The van der Waals surface area contributed by atoms with E-state index in [1.54, 1.807) is 19.2 Å². The highest BCUT2D eigenvalue weighted by Crippen LogP contribution is 2.40. The van der Waals surface area contributed by atoms with E-state index in [9.17, 15) is 17.6 Å². The summed E-state index contributed by atoms with van der Waals surface area (Å²) in [5.74, 6) is -0.821. The van der Waals surface area contributed by atoms with Crippen molar-refractivity contribution in [2.45, 2.75) is 51.5 Å². The van der Waals surface area contributed by atoms with E-state index in [0.717, 1.165) is 12.1 Å². The van der Waals surface area contributed by atoms with Crippen LogP contribution < -0.4 is 5.73 Å². The number of allylic oxidation sites excluding steroid dienone is 1. The molecule has 2 aromatic heterocycles. The second kappa shape index (κ2) is 11.4. The molecule has 2 N–H and O–H groups in total. The number of hydrogen-bond acceptors (Lipinski definition) is 6. The van der Waals surface area contributed by atoms with Crippen LogP contribution in [0.5, 0.6) is 0 Å². The molecule has 188 valence electrons. The monoisotopic (exact) mass is 515 g/mol. The molecule has 10 heteroatoms. The van der Waals surface area contributed by atoms with E-state index in [0.29, 0.717) is 34.6 Å². The van der Waals surface area contributed by atoms with E-state index in [4.69, 9.17) is 5.73 Å². The Labute approximate surface area is 211 Å². The van der Waals surface area contributed by atoms with E-state index in [-0.39, 0.29) is 5.56 Å². The lowest BCUT2D eigenvalue weighted by atomic mass is 9.90. The molecule has 0 aliphatic heterocycles. The summed E-state index contributed by atoms with van der Waals surface area (Å²) >= 11 is 1.26. The molecule has 0 aliphatic rings. The maximum absolute atomic E-state index is 14.7. The van der Waals surface area contributed by atoms with Gasteiger partial charge in [0.25, 0.3) is 11.8 Å². The van der Waals surface area contributed by atoms with Crippen LogP contribution in [-0.2, 0) is 11.8 Å². The lowest BCUT2D eigenvalue weighted by molar-refractivity contribution is -0.0112. The number of hydrogen-bond donors (Lipinski definition) is 1. The van der Waals surface area contributed by atoms with Gasteiger partial charge in [0.1, 0.15) is 5.69 Å². The Morgan fingerprint density at radius 1 is 1.17 bits per heavy atom. The molecule has 36 heavy (non-hydrogen) atoms. The van der Waals surface area contributed by atoms with Crippen molar-refractivity contribution in [3.8, 4) is 22.5 Å². The van der Waals surface area contributed by atoms with E-state index < -0.39 is 35.4 Å². The molecule has 0 saturated heterocycles. The van der Waals surface area contributed by atoms with Crippen molar-refractivity contribution in [3.05, 3.63) is 76.1 Å². The van der Waals surface area contributed by atoms with Gasteiger partial charge < -0.3 is 5.73 Å².